The van der Waals surface area contributed by atoms with Crippen molar-refractivity contribution in [3.63, 3.8) is 0 Å². The van der Waals surface area contributed by atoms with Gasteiger partial charge in [-0.1, -0.05) is 30.3 Å². The lowest BCUT2D eigenvalue weighted by molar-refractivity contribution is 0.102. The zero-order valence-electron chi connectivity index (χ0n) is 22.8. The Labute approximate surface area is 248 Å². The molecule has 7 aromatic rings. The maximum absolute atomic E-state index is 15.4. The quantitative estimate of drug-likeness (QED) is 0.116. The number of H-pyrrole nitrogens is 2. The fraction of sp³-hybridized carbons (Fsp3) is 0.0938. The Bertz CT molecular complexity index is 2120. The Hall–Kier alpha value is -5.26. The molecule has 7 rings (SSSR count). The summed E-state index contributed by atoms with van der Waals surface area (Å²) in [6.45, 7) is 1.55. The van der Waals surface area contributed by atoms with Crippen LogP contribution in [0.4, 0.5) is 10.1 Å². The molecular weight excluding hydrogens is 565 g/mol. The maximum atomic E-state index is 15.4. The highest BCUT2D eigenvalue weighted by Crippen LogP contribution is 2.36. The summed E-state index contributed by atoms with van der Waals surface area (Å²) in [5.41, 5.74) is 5.52. The van der Waals surface area contributed by atoms with Crippen molar-refractivity contribution in [2.45, 2.75) is 19.6 Å². The van der Waals surface area contributed by atoms with Gasteiger partial charge in [-0.3, -0.25) is 14.9 Å². The number of benzene rings is 2. The fourth-order valence-corrected chi connectivity index (χ4v) is 6.02. The van der Waals surface area contributed by atoms with Gasteiger partial charge in [-0.2, -0.15) is 5.10 Å². The number of thiophene rings is 1. The van der Waals surface area contributed by atoms with Crippen molar-refractivity contribution < 1.29 is 14.3 Å². The maximum Gasteiger partial charge on any atom is 0.178 e. The molecule has 5 aromatic heterocycles. The number of aliphatic hydroxyl groups is 1. The predicted molar refractivity (Wildman–Crippen MR) is 165 cm³/mol. The third kappa shape index (κ3) is 5.16. The molecule has 212 valence electrons. The number of ketones is 1. The molecule has 1 atom stereocenters. The monoisotopic (exact) mass is 589 g/mol. The number of rotatable bonds is 8. The van der Waals surface area contributed by atoms with E-state index in [0.717, 1.165) is 16.0 Å². The average Bonchev–Trinajstić information content (AvgIpc) is 3.75. The number of imidazole rings is 1. The lowest BCUT2D eigenvalue weighted by atomic mass is 10.0. The van der Waals surface area contributed by atoms with Crippen LogP contribution in [0.2, 0.25) is 0 Å². The molecule has 0 radical (unpaired) electrons. The van der Waals surface area contributed by atoms with Crippen molar-refractivity contribution in [2.75, 3.05) is 5.32 Å². The van der Waals surface area contributed by atoms with E-state index in [-0.39, 0.29) is 5.78 Å². The highest BCUT2D eigenvalue weighted by atomic mass is 32.1. The number of anilines is 1. The number of nitrogens with zero attached hydrogens (tertiary/aromatic N) is 4. The Kier molecular flexibility index (Phi) is 6.72. The Morgan fingerprint density at radius 2 is 1.93 bits per heavy atom. The van der Waals surface area contributed by atoms with Crippen molar-refractivity contribution in [1.82, 2.24) is 30.1 Å². The molecule has 1 unspecified atom stereocenters. The van der Waals surface area contributed by atoms with E-state index in [2.05, 4.69) is 35.5 Å². The largest absolute Gasteiger partial charge is 0.373 e. The topological polar surface area (TPSA) is 132 Å². The van der Waals surface area contributed by atoms with E-state index < -0.39 is 12.0 Å². The van der Waals surface area contributed by atoms with E-state index in [9.17, 15) is 9.90 Å². The molecule has 0 aliphatic carbocycles. The predicted octanol–water partition coefficient (Wildman–Crippen LogP) is 6.61. The third-order valence-electron chi connectivity index (χ3n) is 7.14. The molecule has 0 amide bonds. The number of halogens is 1. The van der Waals surface area contributed by atoms with Crippen molar-refractivity contribution in [2.24, 2.45) is 0 Å². The number of pyridine rings is 2. The number of aliphatic hydroxyl groups excluding tert-OH is 1. The summed E-state index contributed by atoms with van der Waals surface area (Å²) >= 11 is 1.41. The number of nitrogens with one attached hydrogen (secondary N) is 3. The number of carbonyl (C=O) groups is 1. The highest BCUT2D eigenvalue weighted by Gasteiger charge is 2.19. The van der Waals surface area contributed by atoms with Crippen LogP contribution in [0.5, 0.6) is 0 Å². The minimum absolute atomic E-state index is 0.0118. The van der Waals surface area contributed by atoms with Crippen LogP contribution >= 0.6 is 11.3 Å². The molecule has 0 spiro atoms. The van der Waals surface area contributed by atoms with Crippen molar-refractivity contribution in [3.8, 4) is 33.1 Å². The molecule has 5 heterocycles. The molecule has 0 saturated heterocycles. The number of hydrogen-bond acceptors (Lipinski definition) is 8. The Balaban J connectivity index is 1.23. The number of hydrogen-bond donors (Lipinski definition) is 4. The van der Waals surface area contributed by atoms with E-state index in [0.29, 0.717) is 61.7 Å². The first-order valence-electron chi connectivity index (χ1n) is 13.5. The minimum Gasteiger partial charge on any atom is -0.373 e. The number of aromatic amines is 2. The highest BCUT2D eigenvalue weighted by molar-refractivity contribution is 7.17. The van der Waals surface area contributed by atoms with E-state index >= 15 is 4.39 Å². The number of carbonyl (C=O) groups excluding carboxylic acids is 1. The number of aromatic nitrogens is 6. The Morgan fingerprint density at radius 1 is 1.07 bits per heavy atom. The van der Waals surface area contributed by atoms with Crippen LogP contribution in [-0.2, 0) is 6.42 Å². The fourth-order valence-electron chi connectivity index (χ4n) is 5.09. The van der Waals surface area contributed by atoms with Gasteiger partial charge in [0.15, 0.2) is 17.3 Å². The Morgan fingerprint density at radius 3 is 2.74 bits per heavy atom. The first-order valence-corrected chi connectivity index (χ1v) is 14.3. The van der Waals surface area contributed by atoms with Gasteiger partial charge >= 0.3 is 0 Å². The van der Waals surface area contributed by atoms with Gasteiger partial charge in [0.2, 0.25) is 0 Å². The van der Waals surface area contributed by atoms with Crippen LogP contribution in [0.25, 0.3) is 55.2 Å². The lowest BCUT2D eigenvalue weighted by Crippen LogP contribution is -2.21. The molecule has 0 bridgehead atoms. The van der Waals surface area contributed by atoms with Gasteiger partial charge in [-0.15, -0.1) is 11.3 Å². The first kappa shape index (κ1) is 26.6. The summed E-state index contributed by atoms with van der Waals surface area (Å²) in [5.74, 6) is 0.0384. The normalized spacial score (nSPS) is 12.2. The number of fused-ring (bicyclic) bond motifs is 2. The zero-order valence-corrected chi connectivity index (χ0v) is 23.6. The van der Waals surface area contributed by atoms with E-state index in [1.807, 2.05) is 48.5 Å². The third-order valence-corrected chi connectivity index (χ3v) is 8.36. The van der Waals surface area contributed by atoms with Crippen LogP contribution in [0, 0.1) is 5.82 Å². The molecule has 0 aliphatic rings. The van der Waals surface area contributed by atoms with Crippen LogP contribution < -0.4 is 5.32 Å². The molecule has 2 aromatic carbocycles. The summed E-state index contributed by atoms with van der Waals surface area (Å²) in [6, 6.07) is 20.1. The van der Waals surface area contributed by atoms with Crippen molar-refractivity contribution in [3.05, 3.63) is 102 Å². The molecule has 43 heavy (non-hydrogen) atoms. The summed E-state index contributed by atoms with van der Waals surface area (Å²) in [6.07, 6.45) is 4.40. The summed E-state index contributed by atoms with van der Waals surface area (Å²) in [7, 11) is 0. The summed E-state index contributed by atoms with van der Waals surface area (Å²) < 4.78 is 15.4. The molecule has 11 heteroatoms. The molecular formula is C32H24FN7O2S. The van der Waals surface area contributed by atoms with Gasteiger partial charge < -0.3 is 15.4 Å². The second-order valence-corrected chi connectivity index (χ2v) is 11.2. The van der Waals surface area contributed by atoms with E-state index in [4.69, 9.17) is 0 Å². The van der Waals surface area contributed by atoms with Crippen LogP contribution in [0.3, 0.4) is 0 Å². The smallest absolute Gasteiger partial charge is 0.178 e. The van der Waals surface area contributed by atoms with Crippen molar-refractivity contribution >= 4 is 44.9 Å². The van der Waals surface area contributed by atoms with Crippen molar-refractivity contribution in [1.29, 1.82) is 0 Å². The molecule has 0 saturated carbocycles. The van der Waals surface area contributed by atoms with Gasteiger partial charge in [0, 0.05) is 51.8 Å². The van der Waals surface area contributed by atoms with Gasteiger partial charge in [-0.25, -0.2) is 14.4 Å². The minimum atomic E-state index is -0.845. The van der Waals surface area contributed by atoms with Crippen LogP contribution in [0.15, 0.2) is 85.3 Å². The second-order valence-electron chi connectivity index (χ2n) is 10.1. The molecule has 4 N–H and O–H groups in total. The first-order chi connectivity index (χ1) is 20.9. The molecule has 0 aliphatic heterocycles. The average molecular weight is 590 g/mol. The summed E-state index contributed by atoms with van der Waals surface area (Å²) in [5, 5.41) is 21.6. The van der Waals surface area contributed by atoms with E-state index in [1.165, 1.54) is 17.4 Å². The van der Waals surface area contributed by atoms with Crippen LogP contribution in [-0.4, -0.2) is 47.3 Å². The lowest BCUT2D eigenvalue weighted by Gasteiger charge is -2.15. The second kappa shape index (κ2) is 10.9. The van der Waals surface area contributed by atoms with Gasteiger partial charge in [0.05, 0.1) is 27.8 Å². The summed E-state index contributed by atoms with van der Waals surface area (Å²) in [4.78, 5) is 30.2. The molecule has 9 nitrogen and oxygen atoms in total. The van der Waals surface area contributed by atoms with Gasteiger partial charge in [0.25, 0.3) is 0 Å². The zero-order chi connectivity index (χ0) is 29.5. The van der Waals surface area contributed by atoms with Crippen LogP contribution in [0.1, 0.15) is 22.2 Å². The molecule has 0 fully saturated rings. The standard InChI is InChI=1S/C32H24FN7O2S/c1-17(41)26-7-8-27(43-26)21-9-10-35-31-29(21)37-32(38-31)30-23-13-22(24(33)14-25(23)39-40-30)19-12-20(16-34-15-19)36-28(42)11-18-5-3-2-4-6-18/h2-10,12-16,28,36,42H,11H2,1H3,(H,39,40)(H,35,37,38). The van der Waals surface area contributed by atoms with Gasteiger partial charge in [-0.05, 0) is 42.8 Å². The SMILES string of the molecule is CC(=O)c1ccc(-c2ccnc3nc(-c4n[nH]c5cc(F)c(-c6cncc(NC(O)Cc7ccccc7)c6)cc45)[nH]c23)s1. The number of Topliss-reactive ketones (excluding diaryl/α,β-unsaturated/α-hetero) is 1. The van der Waals surface area contributed by atoms with E-state index in [1.54, 1.807) is 37.6 Å². The van der Waals surface area contributed by atoms with Gasteiger partial charge in [0.1, 0.15) is 17.7 Å².